The first kappa shape index (κ1) is 23.2. The maximum atomic E-state index is 13.1. The van der Waals surface area contributed by atoms with Gasteiger partial charge in [0.2, 0.25) is 15.9 Å². The largest absolute Gasteiger partial charge is 0.494 e. The van der Waals surface area contributed by atoms with Gasteiger partial charge >= 0.3 is 0 Å². The van der Waals surface area contributed by atoms with Crippen molar-refractivity contribution in [3.8, 4) is 5.75 Å². The van der Waals surface area contributed by atoms with E-state index in [0.717, 1.165) is 17.9 Å². The number of nitrogens with one attached hydrogen (secondary N) is 1. The van der Waals surface area contributed by atoms with E-state index in [4.69, 9.17) is 4.74 Å². The second-order valence-corrected chi connectivity index (χ2v) is 9.43. The first-order chi connectivity index (χ1) is 15.0. The standard InChI is InChI=1S/C23H31N3O4S/c1-2-30-22-12-7-6-9-20(22)19-25-15-8-16-26(17-13-23(27)24-14-18-25)31(28,29)21-10-4-3-5-11-21/h3-7,9-12H,2,8,13-19H2,1H3,(H,24,27). The third-order valence-corrected chi connectivity index (χ3v) is 7.18. The van der Waals surface area contributed by atoms with Gasteiger partial charge in [0.1, 0.15) is 5.75 Å². The molecule has 0 bridgehead atoms. The normalized spacial score (nSPS) is 17.5. The van der Waals surface area contributed by atoms with Gasteiger partial charge in [0.15, 0.2) is 0 Å². The fourth-order valence-electron chi connectivity index (χ4n) is 3.67. The molecular formula is C23H31N3O4S. The van der Waals surface area contributed by atoms with Crippen molar-refractivity contribution in [2.75, 3.05) is 39.3 Å². The summed E-state index contributed by atoms with van der Waals surface area (Å²) in [6.07, 6.45) is 0.830. The Morgan fingerprint density at radius 2 is 1.71 bits per heavy atom. The number of para-hydroxylation sites is 1. The van der Waals surface area contributed by atoms with Gasteiger partial charge < -0.3 is 10.1 Å². The molecular weight excluding hydrogens is 414 g/mol. The van der Waals surface area contributed by atoms with Crippen LogP contribution in [0.15, 0.2) is 59.5 Å². The van der Waals surface area contributed by atoms with Gasteiger partial charge in [-0.05, 0) is 38.1 Å². The molecule has 1 aliphatic heterocycles. The molecule has 7 nitrogen and oxygen atoms in total. The van der Waals surface area contributed by atoms with Crippen LogP contribution in [-0.4, -0.2) is 62.9 Å². The molecule has 1 N–H and O–H groups in total. The SMILES string of the molecule is CCOc1ccccc1CN1CCCN(S(=O)(=O)c2ccccc2)CCC(=O)NCC1. The fraction of sp³-hybridized carbons (Fsp3) is 0.435. The molecule has 1 fully saturated rings. The molecule has 0 saturated carbocycles. The van der Waals surface area contributed by atoms with Crippen molar-refractivity contribution in [3.63, 3.8) is 0 Å². The quantitative estimate of drug-likeness (QED) is 0.739. The third kappa shape index (κ3) is 6.53. The molecule has 31 heavy (non-hydrogen) atoms. The number of carbonyl (C=O) groups is 1. The zero-order chi connectivity index (χ0) is 22.1. The smallest absolute Gasteiger partial charge is 0.243 e. The lowest BCUT2D eigenvalue weighted by molar-refractivity contribution is -0.121. The Balaban J connectivity index is 1.73. The van der Waals surface area contributed by atoms with Crippen molar-refractivity contribution >= 4 is 15.9 Å². The summed E-state index contributed by atoms with van der Waals surface area (Å²) in [6.45, 7) is 5.72. The number of carbonyl (C=O) groups excluding carboxylic acids is 1. The predicted molar refractivity (Wildman–Crippen MR) is 120 cm³/mol. The topological polar surface area (TPSA) is 79.0 Å². The highest BCUT2D eigenvalue weighted by atomic mass is 32.2. The van der Waals surface area contributed by atoms with Crippen molar-refractivity contribution in [1.29, 1.82) is 0 Å². The molecule has 2 aromatic rings. The summed E-state index contributed by atoms with van der Waals surface area (Å²) in [4.78, 5) is 14.7. The number of hydrogen-bond donors (Lipinski definition) is 1. The average molecular weight is 446 g/mol. The van der Waals surface area contributed by atoms with Crippen LogP contribution >= 0.6 is 0 Å². The monoisotopic (exact) mass is 445 g/mol. The van der Waals surface area contributed by atoms with E-state index in [1.807, 2.05) is 31.2 Å². The van der Waals surface area contributed by atoms with E-state index in [9.17, 15) is 13.2 Å². The van der Waals surface area contributed by atoms with E-state index in [1.54, 1.807) is 30.3 Å². The molecule has 1 amide bonds. The minimum Gasteiger partial charge on any atom is -0.494 e. The summed E-state index contributed by atoms with van der Waals surface area (Å²) >= 11 is 0. The van der Waals surface area contributed by atoms with E-state index < -0.39 is 10.0 Å². The highest BCUT2D eigenvalue weighted by Crippen LogP contribution is 2.21. The lowest BCUT2D eigenvalue weighted by Crippen LogP contribution is -2.36. The van der Waals surface area contributed by atoms with Crippen molar-refractivity contribution in [2.45, 2.75) is 31.2 Å². The van der Waals surface area contributed by atoms with Crippen LogP contribution < -0.4 is 10.1 Å². The molecule has 8 heteroatoms. The van der Waals surface area contributed by atoms with Gasteiger partial charge in [0.25, 0.3) is 0 Å². The number of nitrogens with zero attached hydrogens (tertiary/aromatic N) is 2. The lowest BCUT2D eigenvalue weighted by Gasteiger charge is -2.25. The Kier molecular flexibility index (Phi) is 8.45. The van der Waals surface area contributed by atoms with Gasteiger partial charge in [-0.3, -0.25) is 9.69 Å². The highest BCUT2D eigenvalue weighted by molar-refractivity contribution is 7.89. The highest BCUT2D eigenvalue weighted by Gasteiger charge is 2.25. The van der Waals surface area contributed by atoms with Gasteiger partial charge in [0.05, 0.1) is 11.5 Å². The second-order valence-electron chi connectivity index (χ2n) is 7.49. The van der Waals surface area contributed by atoms with Crippen molar-refractivity contribution in [1.82, 2.24) is 14.5 Å². The zero-order valence-corrected chi connectivity index (χ0v) is 18.8. The summed E-state index contributed by atoms with van der Waals surface area (Å²) in [5, 5.41) is 2.91. The van der Waals surface area contributed by atoms with Crippen LogP contribution in [0.25, 0.3) is 0 Å². The van der Waals surface area contributed by atoms with Gasteiger partial charge in [-0.25, -0.2) is 8.42 Å². The Hall–Kier alpha value is -2.42. The first-order valence-corrected chi connectivity index (χ1v) is 12.2. The average Bonchev–Trinajstić information content (AvgIpc) is 2.81. The number of hydrogen-bond acceptors (Lipinski definition) is 5. The molecule has 1 aliphatic rings. The molecule has 3 rings (SSSR count). The van der Waals surface area contributed by atoms with Crippen LogP contribution in [0.1, 0.15) is 25.3 Å². The fourth-order valence-corrected chi connectivity index (χ4v) is 5.17. The second kappa shape index (κ2) is 11.3. The Labute approximate surface area is 185 Å². The van der Waals surface area contributed by atoms with Gasteiger partial charge in [-0.1, -0.05) is 36.4 Å². The maximum Gasteiger partial charge on any atom is 0.243 e. The molecule has 168 valence electrons. The van der Waals surface area contributed by atoms with E-state index in [0.29, 0.717) is 39.2 Å². The lowest BCUT2D eigenvalue weighted by atomic mass is 10.2. The molecule has 0 aromatic heterocycles. The summed E-state index contributed by atoms with van der Waals surface area (Å²) < 4.78 is 33.4. The number of rotatable bonds is 6. The van der Waals surface area contributed by atoms with Crippen molar-refractivity contribution in [2.24, 2.45) is 0 Å². The van der Waals surface area contributed by atoms with Crippen LogP contribution in [0.2, 0.25) is 0 Å². The van der Waals surface area contributed by atoms with E-state index in [1.165, 1.54) is 4.31 Å². The Bertz CT molecular complexity index is 950. The van der Waals surface area contributed by atoms with Crippen LogP contribution in [0.3, 0.4) is 0 Å². The van der Waals surface area contributed by atoms with Crippen LogP contribution in [0.5, 0.6) is 5.75 Å². The van der Waals surface area contributed by atoms with Crippen LogP contribution in [-0.2, 0) is 21.4 Å². The summed E-state index contributed by atoms with van der Waals surface area (Å²) in [7, 11) is -3.64. The number of amides is 1. The molecule has 0 atom stereocenters. The third-order valence-electron chi connectivity index (χ3n) is 5.27. The number of sulfonamides is 1. The number of ether oxygens (including phenoxy) is 1. The van der Waals surface area contributed by atoms with E-state index in [-0.39, 0.29) is 23.8 Å². The minimum atomic E-state index is -3.64. The van der Waals surface area contributed by atoms with E-state index >= 15 is 0 Å². The molecule has 2 aromatic carbocycles. The number of benzene rings is 2. The molecule has 1 heterocycles. The minimum absolute atomic E-state index is 0.134. The Morgan fingerprint density at radius 3 is 2.48 bits per heavy atom. The first-order valence-electron chi connectivity index (χ1n) is 10.8. The van der Waals surface area contributed by atoms with Crippen LogP contribution in [0, 0.1) is 0 Å². The maximum absolute atomic E-state index is 13.1. The van der Waals surface area contributed by atoms with Crippen molar-refractivity contribution < 1.29 is 17.9 Å². The predicted octanol–water partition coefficient (Wildman–Crippen LogP) is 2.49. The van der Waals surface area contributed by atoms with Gasteiger partial charge in [-0.2, -0.15) is 4.31 Å². The molecule has 1 saturated heterocycles. The van der Waals surface area contributed by atoms with Gasteiger partial charge in [0, 0.05) is 44.7 Å². The molecule has 0 radical (unpaired) electrons. The Morgan fingerprint density at radius 1 is 0.968 bits per heavy atom. The van der Waals surface area contributed by atoms with E-state index in [2.05, 4.69) is 10.2 Å². The summed E-state index contributed by atoms with van der Waals surface area (Å²) in [5.74, 6) is 0.724. The van der Waals surface area contributed by atoms with Crippen LogP contribution in [0.4, 0.5) is 0 Å². The molecule has 0 unspecified atom stereocenters. The van der Waals surface area contributed by atoms with Gasteiger partial charge in [-0.15, -0.1) is 0 Å². The van der Waals surface area contributed by atoms with Crippen molar-refractivity contribution in [3.05, 3.63) is 60.2 Å². The molecule has 0 aliphatic carbocycles. The molecule has 0 spiro atoms. The zero-order valence-electron chi connectivity index (χ0n) is 18.0. The summed E-state index contributed by atoms with van der Waals surface area (Å²) in [6, 6.07) is 16.3. The summed E-state index contributed by atoms with van der Waals surface area (Å²) in [5.41, 5.74) is 1.08.